The van der Waals surface area contributed by atoms with E-state index in [0.717, 1.165) is 32.7 Å². The van der Waals surface area contributed by atoms with E-state index in [0.29, 0.717) is 17.8 Å². The molecule has 2 saturated heterocycles. The molecule has 5 heteroatoms. The number of rotatable bonds is 3. The lowest BCUT2D eigenvalue weighted by molar-refractivity contribution is 0.308. The first-order chi connectivity index (χ1) is 11.2. The summed E-state index contributed by atoms with van der Waals surface area (Å²) in [4.78, 5) is 13.0. The second-order valence-electron chi connectivity index (χ2n) is 6.81. The first-order valence-electron chi connectivity index (χ1n) is 8.18. The third kappa shape index (κ3) is 3.06. The monoisotopic (exact) mass is 312 g/mol. The molecule has 2 fully saturated rings. The Morgan fingerprint density at radius 1 is 1.00 bits per heavy atom. The number of nitrogens with zero attached hydrogens (tertiary/aromatic N) is 4. The van der Waals surface area contributed by atoms with Gasteiger partial charge in [0.1, 0.15) is 0 Å². The van der Waals surface area contributed by atoms with E-state index in [4.69, 9.17) is 0 Å². The van der Waals surface area contributed by atoms with Crippen molar-refractivity contribution in [3.63, 3.8) is 0 Å². The van der Waals surface area contributed by atoms with Crippen LogP contribution in [0.5, 0.6) is 0 Å². The first-order valence-corrected chi connectivity index (χ1v) is 8.18. The fourth-order valence-corrected chi connectivity index (χ4v) is 3.80. The number of aryl methyl sites for hydroxylation is 1. The third-order valence-electron chi connectivity index (χ3n) is 4.98. The van der Waals surface area contributed by atoms with Crippen molar-refractivity contribution in [2.75, 3.05) is 31.1 Å². The predicted octanol–water partition coefficient (Wildman–Crippen LogP) is 2.49. The molecule has 0 N–H and O–H groups in total. The Bertz CT molecular complexity index is 656. The van der Waals surface area contributed by atoms with Crippen molar-refractivity contribution in [3.05, 3.63) is 53.6 Å². The van der Waals surface area contributed by atoms with Gasteiger partial charge in [-0.2, -0.15) is 0 Å². The van der Waals surface area contributed by atoms with Crippen LogP contribution in [-0.2, 0) is 6.54 Å². The van der Waals surface area contributed by atoms with Gasteiger partial charge < -0.3 is 4.90 Å². The highest BCUT2D eigenvalue weighted by molar-refractivity contribution is 5.32. The topological polar surface area (TPSA) is 32.3 Å². The minimum absolute atomic E-state index is 0.377. The lowest BCUT2D eigenvalue weighted by Gasteiger charge is -2.21. The molecule has 2 aliphatic rings. The Hall–Kier alpha value is -2.01. The Morgan fingerprint density at radius 3 is 2.22 bits per heavy atom. The molecule has 4 nitrogen and oxygen atoms in total. The van der Waals surface area contributed by atoms with Crippen LogP contribution in [0, 0.1) is 24.6 Å². The molecule has 0 unspecified atom stereocenters. The summed E-state index contributed by atoms with van der Waals surface area (Å²) in [5.41, 5.74) is 2.69. The summed E-state index contributed by atoms with van der Waals surface area (Å²) < 4.78 is 12.9. The average Bonchev–Trinajstić information content (AvgIpc) is 3.09. The van der Waals surface area contributed by atoms with Crippen molar-refractivity contribution in [2.45, 2.75) is 13.5 Å². The van der Waals surface area contributed by atoms with Gasteiger partial charge in [0.05, 0.1) is 12.4 Å². The Balaban J connectivity index is 1.36. The lowest BCUT2D eigenvalue weighted by atomic mass is 10.0. The summed E-state index contributed by atoms with van der Waals surface area (Å²) in [5, 5.41) is 0. The normalized spacial score (nSPS) is 24.2. The van der Waals surface area contributed by atoms with Crippen LogP contribution in [0.15, 0.2) is 36.7 Å². The molecule has 23 heavy (non-hydrogen) atoms. The second kappa shape index (κ2) is 5.89. The highest BCUT2D eigenvalue weighted by atomic mass is 19.1. The van der Waals surface area contributed by atoms with Crippen LogP contribution in [0.2, 0.25) is 0 Å². The van der Waals surface area contributed by atoms with Gasteiger partial charge in [-0.05, 0) is 24.3 Å². The molecule has 0 saturated carbocycles. The van der Waals surface area contributed by atoms with Crippen molar-refractivity contribution < 1.29 is 4.39 Å². The van der Waals surface area contributed by atoms with Gasteiger partial charge in [0.2, 0.25) is 5.95 Å². The first kappa shape index (κ1) is 14.6. The molecule has 0 bridgehead atoms. The van der Waals surface area contributed by atoms with E-state index in [9.17, 15) is 4.39 Å². The minimum atomic E-state index is -0.377. The van der Waals surface area contributed by atoms with E-state index in [-0.39, 0.29) is 5.82 Å². The van der Waals surface area contributed by atoms with E-state index in [1.807, 2.05) is 0 Å². The number of fused-ring (bicyclic) bond motifs is 1. The van der Waals surface area contributed by atoms with Gasteiger partial charge in [0.15, 0.2) is 5.82 Å². The summed E-state index contributed by atoms with van der Waals surface area (Å²) in [6, 6.07) is 8.81. The zero-order valence-corrected chi connectivity index (χ0v) is 13.3. The summed E-state index contributed by atoms with van der Waals surface area (Å²) >= 11 is 0. The van der Waals surface area contributed by atoms with Gasteiger partial charge in [-0.25, -0.2) is 14.4 Å². The maximum Gasteiger partial charge on any atom is 0.225 e. The molecule has 0 aliphatic carbocycles. The summed E-state index contributed by atoms with van der Waals surface area (Å²) in [7, 11) is 0. The summed E-state index contributed by atoms with van der Waals surface area (Å²) in [5.74, 6) is 1.60. The standard InChI is InChI=1S/C18H21FN4/c1-13-2-4-14(5-3-13)8-22-9-15-11-23(12-16(15)10-22)18-20-6-17(19)7-21-18/h2-7,15-16H,8-12H2,1H3/t15-,16+. The molecule has 2 aliphatic heterocycles. The maximum absolute atomic E-state index is 12.9. The van der Waals surface area contributed by atoms with Crippen molar-refractivity contribution in [1.29, 1.82) is 0 Å². The van der Waals surface area contributed by atoms with E-state index < -0.39 is 0 Å². The molecule has 1 aromatic heterocycles. The summed E-state index contributed by atoms with van der Waals surface area (Å²) in [6.45, 7) is 7.34. The minimum Gasteiger partial charge on any atom is -0.340 e. The SMILES string of the molecule is Cc1ccc(CN2C[C@@H]3CN(c4ncc(F)cn4)C[C@@H]3C2)cc1. The number of likely N-dealkylation sites (tertiary alicyclic amines) is 1. The molecule has 0 radical (unpaired) electrons. The van der Waals surface area contributed by atoms with Crippen LogP contribution in [0.1, 0.15) is 11.1 Å². The van der Waals surface area contributed by atoms with Crippen LogP contribution in [0.4, 0.5) is 10.3 Å². The molecule has 4 rings (SSSR count). The molecular formula is C18H21FN4. The Labute approximate surface area is 136 Å². The van der Waals surface area contributed by atoms with Gasteiger partial charge in [-0.1, -0.05) is 29.8 Å². The van der Waals surface area contributed by atoms with Crippen molar-refractivity contribution in [2.24, 2.45) is 11.8 Å². The molecule has 2 atom stereocenters. The average molecular weight is 312 g/mol. The van der Waals surface area contributed by atoms with E-state index in [1.165, 1.54) is 23.5 Å². The van der Waals surface area contributed by atoms with Crippen molar-refractivity contribution in [1.82, 2.24) is 14.9 Å². The highest BCUT2D eigenvalue weighted by Crippen LogP contribution is 2.33. The van der Waals surface area contributed by atoms with Crippen LogP contribution in [0.3, 0.4) is 0 Å². The van der Waals surface area contributed by atoms with Crippen molar-refractivity contribution in [3.8, 4) is 0 Å². The second-order valence-corrected chi connectivity index (χ2v) is 6.81. The quantitative estimate of drug-likeness (QED) is 0.872. The Kier molecular flexibility index (Phi) is 3.73. The number of hydrogen-bond acceptors (Lipinski definition) is 4. The van der Waals surface area contributed by atoms with E-state index >= 15 is 0 Å². The lowest BCUT2D eigenvalue weighted by Crippen LogP contribution is -2.29. The molecule has 0 spiro atoms. The molecule has 0 amide bonds. The number of benzene rings is 1. The third-order valence-corrected chi connectivity index (χ3v) is 4.98. The molecule has 120 valence electrons. The summed E-state index contributed by atoms with van der Waals surface area (Å²) in [6.07, 6.45) is 2.50. The van der Waals surface area contributed by atoms with Crippen LogP contribution in [-0.4, -0.2) is 41.0 Å². The zero-order valence-electron chi connectivity index (χ0n) is 13.3. The zero-order chi connectivity index (χ0) is 15.8. The molecule has 1 aromatic carbocycles. The van der Waals surface area contributed by atoms with Gasteiger partial charge in [-0.3, -0.25) is 4.90 Å². The highest BCUT2D eigenvalue weighted by Gasteiger charge is 2.40. The van der Waals surface area contributed by atoms with Crippen LogP contribution < -0.4 is 4.90 Å². The molecular weight excluding hydrogens is 291 g/mol. The van der Waals surface area contributed by atoms with Gasteiger partial charge in [0, 0.05) is 32.7 Å². The number of aromatic nitrogens is 2. The maximum atomic E-state index is 12.9. The number of hydrogen-bond donors (Lipinski definition) is 0. The fraction of sp³-hybridized carbons (Fsp3) is 0.444. The van der Waals surface area contributed by atoms with E-state index in [2.05, 4.69) is 51.0 Å². The smallest absolute Gasteiger partial charge is 0.225 e. The van der Waals surface area contributed by atoms with Gasteiger partial charge >= 0.3 is 0 Å². The van der Waals surface area contributed by atoms with Gasteiger partial charge in [-0.15, -0.1) is 0 Å². The largest absolute Gasteiger partial charge is 0.340 e. The fourth-order valence-electron chi connectivity index (χ4n) is 3.80. The van der Waals surface area contributed by atoms with Crippen molar-refractivity contribution >= 4 is 5.95 Å². The Morgan fingerprint density at radius 2 is 1.61 bits per heavy atom. The van der Waals surface area contributed by atoms with Crippen LogP contribution >= 0.6 is 0 Å². The van der Waals surface area contributed by atoms with Gasteiger partial charge in [0.25, 0.3) is 0 Å². The predicted molar refractivity (Wildman–Crippen MR) is 87.6 cm³/mol. The number of anilines is 1. The van der Waals surface area contributed by atoms with E-state index in [1.54, 1.807) is 0 Å². The van der Waals surface area contributed by atoms with Crippen LogP contribution in [0.25, 0.3) is 0 Å². The molecule has 3 heterocycles. The number of halogens is 1. The molecule has 2 aromatic rings.